The molecule has 0 bridgehead atoms. The molecule has 0 saturated carbocycles. The Kier molecular flexibility index (Phi) is 6.83. The molecule has 1 aromatic heterocycles. The lowest BCUT2D eigenvalue weighted by Crippen LogP contribution is -2.50. The van der Waals surface area contributed by atoms with Crippen molar-refractivity contribution in [2.45, 2.75) is 13.3 Å². The number of rotatable bonds is 6. The van der Waals surface area contributed by atoms with Crippen LogP contribution in [0.3, 0.4) is 0 Å². The molecule has 0 atom stereocenters. The fraction of sp³-hybridized carbons (Fsp3) is 0.304. The first-order valence-electron chi connectivity index (χ1n) is 10.4. The van der Waals surface area contributed by atoms with Gasteiger partial charge in [0.1, 0.15) is 5.82 Å². The summed E-state index contributed by atoms with van der Waals surface area (Å²) in [6.07, 6.45) is 0.460. The third-order valence-electron chi connectivity index (χ3n) is 5.35. The molecule has 0 aliphatic carbocycles. The quantitative estimate of drug-likeness (QED) is 0.549. The van der Waals surface area contributed by atoms with Gasteiger partial charge in [0.05, 0.1) is 7.11 Å². The number of nitrogens with zero attached hydrogens (tertiary/aromatic N) is 4. The fourth-order valence-electron chi connectivity index (χ4n) is 3.52. The van der Waals surface area contributed by atoms with Crippen molar-refractivity contribution in [2.75, 3.05) is 33.3 Å². The number of carbonyl (C=O) groups is 2. The highest BCUT2D eigenvalue weighted by atomic mass is 32.1. The number of benzene rings is 2. The van der Waals surface area contributed by atoms with E-state index in [2.05, 4.69) is 9.36 Å². The van der Waals surface area contributed by atoms with Gasteiger partial charge in [0.2, 0.25) is 5.91 Å². The first-order chi connectivity index (χ1) is 15.9. The molecule has 0 spiro atoms. The van der Waals surface area contributed by atoms with Gasteiger partial charge in [-0.3, -0.25) is 9.59 Å². The molecule has 2 amide bonds. The number of carbonyl (C=O) groups excluding carboxylic acids is 2. The van der Waals surface area contributed by atoms with Gasteiger partial charge in [-0.25, -0.2) is 4.39 Å². The van der Waals surface area contributed by atoms with E-state index in [0.717, 1.165) is 17.1 Å². The monoisotopic (exact) mass is 470 g/mol. The molecule has 3 aromatic rings. The van der Waals surface area contributed by atoms with Crippen molar-refractivity contribution in [1.82, 2.24) is 19.2 Å². The molecule has 1 aliphatic rings. The van der Waals surface area contributed by atoms with Crippen LogP contribution in [0.25, 0.3) is 0 Å². The standard InChI is InChI=1S/C23H23FN4O4S/c1-15(29)27-9-11-28(12-10-27)22(30)17-5-8-19(20(14-17)31-2)32-23-25-21(26-33-23)13-16-3-6-18(24)7-4-16/h3-8,14H,9-13H2,1-2H3. The smallest absolute Gasteiger partial charge is 0.298 e. The molecular formula is C23H23FN4O4S. The van der Waals surface area contributed by atoms with Gasteiger partial charge in [-0.05, 0) is 35.9 Å². The fourth-order valence-corrected chi connectivity index (χ4v) is 4.08. The van der Waals surface area contributed by atoms with Crippen molar-refractivity contribution in [3.8, 4) is 16.7 Å². The van der Waals surface area contributed by atoms with E-state index in [-0.39, 0.29) is 17.6 Å². The number of piperazine rings is 1. The zero-order chi connectivity index (χ0) is 23.4. The predicted octanol–water partition coefficient (Wildman–Crippen LogP) is 3.37. The minimum absolute atomic E-state index is 0.0165. The predicted molar refractivity (Wildman–Crippen MR) is 120 cm³/mol. The van der Waals surface area contributed by atoms with E-state index in [1.54, 1.807) is 40.1 Å². The van der Waals surface area contributed by atoms with Crippen LogP contribution in [-0.4, -0.2) is 64.3 Å². The molecule has 8 nitrogen and oxygen atoms in total. The topological polar surface area (TPSA) is 84.9 Å². The van der Waals surface area contributed by atoms with Crippen LogP contribution in [0, 0.1) is 5.82 Å². The minimum atomic E-state index is -0.290. The van der Waals surface area contributed by atoms with Crippen molar-refractivity contribution in [3.63, 3.8) is 0 Å². The summed E-state index contributed by atoms with van der Waals surface area (Å²) in [4.78, 5) is 32.2. The van der Waals surface area contributed by atoms with Gasteiger partial charge in [0.15, 0.2) is 17.3 Å². The molecule has 2 heterocycles. The zero-order valence-corrected chi connectivity index (χ0v) is 19.1. The van der Waals surface area contributed by atoms with Gasteiger partial charge < -0.3 is 19.3 Å². The maximum atomic E-state index is 13.1. The summed E-state index contributed by atoms with van der Waals surface area (Å²) in [5, 5.41) is 0.338. The van der Waals surface area contributed by atoms with Crippen molar-refractivity contribution < 1.29 is 23.5 Å². The Bertz CT molecular complexity index is 1140. The summed E-state index contributed by atoms with van der Waals surface area (Å²) in [7, 11) is 1.50. The van der Waals surface area contributed by atoms with Gasteiger partial charge in [0, 0.05) is 56.6 Å². The van der Waals surface area contributed by atoms with Gasteiger partial charge >= 0.3 is 0 Å². The van der Waals surface area contributed by atoms with E-state index in [1.807, 2.05) is 0 Å². The second kappa shape index (κ2) is 9.95. The number of methoxy groups -OCH3 is 1. The van der Waals surface area contributed by atoms with Crippen LogP contribution in [0.5, 0.6) is 16.7 Å². The zero-order valence-electron chi connectivity index (χ0n) is 18.3. The first kappa shape index (κ1) is 22.7. The molecule has 172 valence electrons. The van der Waals surface area contributed by atoms with Crippen LogP contribution in [0.2, 0.25) is 0 Å². The van der Waals surface area contributed by atoms with Crippen LogP contribution in [-0.2, 0) is 11.2 Å². The summed E-state index contributed by atoms with van der Waals surface area (Å²) in [6, 6.07) is 11.2. The number of hydrogen-bond acceptors (Lipinski definition) is 7. The second-order valence-electron chi connectivity index (χ2n) is 7.55. The lowest BCUT2D eigenvalue weighted by atomic mass is 10.1. The molecule has 10 heteroatoms. The third-order valence-corrected chi connectivity index (χ3v) is 5.98. The SMILES string of the molecule is COc1cc(C(=O)N2CCN(C(C)=O)CC2)ccc1Oc1nc(Cc2ccc(F)cc2)ns1. The van der Waals surface area contributed by atoms with Crippen molar-refractivity contribution in [3.05, 3.63) is 65.2 Å². The molecule has 0 unspecified atom stereocenters. The molecule has 1 saturated heterocycles. The molecule has 33 heavy (non-hydrogen) atoms. The maximum absolute atomic E-state index is 13.1. The molecule has 0 radical (unpaired) electrons. The van der Waals surface area contributed by atoms with Crippen LogP contribution in [0.4, 0.5) is 4.39 Å². The highest BCUT2D eigenvalue weighted by Crippen LogP contribution is 2.33. The Labute approximate surface area is 194 Å². The second-order valence-corrected chi connectivity index (χ2v) is 8.26. The van der Waals surface area contributed by atoms with Crippen molar-refractivity contribution >= 4 is 23.3 Å². The van der Waals surface area contributed by atoms with E-state index < -0.39 is 0 Å². The highest BCUT2D eigenvalue weighted by molar-refractivity contribution is 7.07. The summed E-state index contributed by atoms with van der Waals surface area (Å²) < 4.78 is 28.6. The molecule has 0 N–H and O–H groups in total. The largest absolute Gasteiger partial charge is 0.493 e. The minimum Gasteiger partial charge on any atom is -0.493 e. The number of halogens is 1. The van der Waals surface area contributed by atoms with Crippen LogP contribution in [0.15, 0.2) is 42.5 Å². The first-order valence-corrected chi connectivity index (χ1v) is 11.2. The van der Waals surface area contributed by atoms with E-state index >= 15 is 0 Å². The van der Waals surface area contributed by atoms with Crippen LogP contribution in [0.1, 0.15) is 28.7 Å². The van der Waals surface area contributed by atoms with Gasteiger partial charge in [0.25, 0.3) is 11.1 Å². The van der Waals surface area contributed by atoms with Gasteiger partial charge in [-0.1, -0.05) is 12.1 Å². The Morgan fingerprint density at radius 2 is 1.73 bits per heavy atom. The molecule has 4 rings (SSSR count). The normalized spacial score (nSPS) is 13.7. The number of hydrogen-bond donors (Lipinski definition) is 0. The lowest BCUT2D eigenvalue weighted by molar-refractivity contribution is -0.130. The Balaban J connectivity index is 1.42. The van der Waals surface area contributed by atoms with Crippen LogP contribution < -0.4 is 9.47 Å². The van der Waals surface area contributed by atoms with E-state index in [4.69, 9.17) is 9.47 Å². The molecule has 2 aromatic carbocycles. The Morgan fingerprint density at radius 3 is 2.39 bits per heavy atom. The average molecular weight is 471 g/mol. The Morgan fingerprint density at radius 1 is 1.03 bits per heavy atom. The Hall–Kier alpha value is -3.53. The number of amides is 2. The summed E-state index contributed by atoms with van der Waals surface area (Å²) in [5.74, 6) is 0.986. The maximum Gasteiger partial charge on any atom is 0.298 e. The summed E-state index contributed by atoms with van der Waals surface area (Å²) in [6.45, 7) is 3.55. The van der Waals surface area contributed by atoms with E-state index in [1.165, 1.54) is 26.2 Å². The molecule has 1 aliphatic heterocycles. The average Bonchev–Trinajstić information content (AvgIpc) is 3.27. The van der Waals surface area contributed by atoms with Crippen LogP contribution >= 0.6 is 11.5 Å². The number of aromatic nitrogens is 2. The third kappa shape index (κ3) is 5.46. The summed E-state index contributed by atoms with van der Waals surface area (Å²) >= 11 is 1.10. The summed E-state index contributed by atoms with van der Waals surface area (Å²) in [5.41, 5.74) is 1.37. The van der Waals surface area contributed by atoms with E-state index in [9.17, 15) is 14.0 Å². The van der Waals surface area contributed by atoms with E-state index in [0.29, 0.717) is 60.7 Å². The lowest BCUT2D eigenvalue weighted by Gasteiger charge is -2.34. The highest BCUT2D eigenvalue weighted by Gasteiger charge is 2.24. The number of ether oxygens (including phenoxy) is 2. The van der Waals surface area contributed by atoms with Crippen molar-refractivity contribution in [2.24, 2.45) is 0 Å². The van der Waals surface area contributed by atoms with Crippen molar-refractivity contribution in [1.29, 1.82) is 0 Å². The van der Waals surface area contributed by atoms with Gasteiger partial charge in [-0.2, -0.15) is 9.36 Å². The molecule has 1 fully saturated rings. The molecular weight excluding hydrogens is 447 g/mol. The van der Waals surface area contributed by atoms with Gasteiger partial charge in [-0.15, -0.1) is 0 Å².